The average Bonchev–Trinajstić information content (AvgIpc) is 3.07. The Kier molecular flexibility index (Phi) is 8.37. The standard InChI is InChI=1S/C20H17Cl2F3N4OS2/c1-29-17(10-31-9-12-5-6-14(21)8-16(12)22)27-28-19(29)32-11-18(30)26-15-4-2-3-13(7-15)20(23,24)25/h2-8H,9-11H2,1H3,(H,26,30). The molecular weight excluding hydrogens is 504 g/mol. The molecule has 0 fully saturated rings. The van der Waals surface area contributed by atoms with Gasteiger partial charge in [-0.1, -0.05) is 47.1 Å². The van der Waals surface area contributed by atoms with Crippen LogP contribution in [-0.4, -0.2) is 26.4 Å². The summed E-state index contributed by atoms with van der Waals surface area (Å²) < 4.78 is 40.2. The Bertz CT molecular complexity index is 1110. The van der Waals surface area contributed by atoms with Gasteiger partial charge in [-0.25, -0.2) is 0 Å². The highest BCUT2D eigenvalue weighted by atomic mass is 35.5. The summed E-state index contributed by atoms with van der Waals surface area (Å²) in [5, 5.41) is 12.4. The number of nitrogens with one attached hydrogen (secondary N) is 1. The summed E-state index contributed by atoms with van der Waals surface area (Å²) in [6.07, 6.45) is -4.47. The van der Waals surface area contributed by atoms with Crippen molar-refractivity contribution in [2.24, 2.45) is 7.05 Å². The molecule has 1 amide bonds. The molecule has 1 aromatic heterocycles. The van der Waals surface area contributed by atoms with Gasteiger partial charge in [-0.15, -0.1) is 22.0 Å². The second-order valence-corrected chi connectivity index (χ2v) is 9.37. The quantitative estimate of drug-likeness (QED) is 0.353. The minimum atomic E-state index is -4.47. The second-order valence-electron chi connectivity index (χ2n) is 6.60. The monoisotopic (exact) mass is 520 g/mol. The van der Waals surface area contributed by atoms with Crippen molar-refractivity contribution in [2.45, 2.75) is 22.8 Å². The van der Waals surface area contributed by atoms with Gasteiger partial charge in [0.1, 0.15) is 5.82 Å². The molecule has 0 unspecified atom stereocenters. The Morgan fingerprint density at radius 2 is 1.91 bits per heavy atom. The summed E-state index contributed by atoms with van der Waals surface area (Å²) in [6, 6.07) is 9.85. The maximum atomic E-state index is 12.8. The second kappa shape index (κ2) is 10.8. The molecule has 0 radical (unpaired) electrons. The number of thioether (sulfide) groups is 2. The third-order valence-corrected chi connectivity index (χ3v) is 6.82. The number of hydrogen-bond donors (Lipinski definition) is 1. The van der Waals surface area contributed by atoms with Crippen LogP contribution >= 0.6 is 46.7 Å². The lowest BCUT2D eigenvalue weighted by molar-refractivity contribution is -0.137. The number of hydrogen-bond acceptors (Lipinski definition) is 5. The fourth-order valence-electron chi connectivity index (χ4n) is 2.59. The van der Waals surface area contributed by atoms with Gasteiger partial charge in [0.15, 0.2) is 5.16 Å². The van der Waals surface area contributed by atoms with Crippen LogP contribution in [0.15, 0.2) is 47.6 Å². The zero-order valence-corrected chi connectivity index (χ0v) is 19.8. The van der Waals surface area contributed by atoms with Gasteiger partial charge in [-0.2, -0.15) is 13.2 Å². The molecule has 0 saturated heterocycles. The molecule has 170 valence electrons. The topological polar surface area (TPSA) is 59.8 Å². The Hall–Kier alpha value is -1.88. The molecule has 0 bridgehead atoms. The molecule has 32 heavy (non-hydrogen) atoms. The molecule has 0 aliphatic carbocycles. The fraction of sp³-hybridized carbons (Fsp3) is 0.250. The van der Waals surface area contributed by atoms with Crippen LogP contribution in [0.4, 0.5) is 18.9 Å². The van der Waals surface area contributed by atoms with Crippen molar-refractivity contribution in [1.29, 1.82) is 0 Å². The zero-order valence-electron chi connectivity index (χ0n) is 16.6. The van der Waals surface area contributed by atoms with E-state index in [2.05, 4.69) is 15.5 Å². The van der Waals surface area contributed by atoms with E-state index in [1.165, 1.54) is 12.1 Å². The molecular formula is C20H17Cl2F3N4OS2. The van der Waals surface area contributed by atoms with Gasteiger partial charge in [0, 0.05) is 28.5 Å². The SMILES string of the molecule is Cn1c(CSCc2ccc(Cl)cc2Cl)nnc1SCC(=O)Nc1cccc(C(F)(F)F)c1. The van der Waals surface area contributed by atoms with E-state index >= 15 is 0 Å². The van der Waals surface area contributed by atoms with E-state index in [0.29, 0.717) is 26.7 Å². The Morgan fingerprint density at radius 1 is 1.12 bits per heavy atom. The van der Waals surface area contributed by atoms with Crippen LogP contribution in [0.5, 0.6) is 0 Å². The van der Waals surface area contributed by atoms with Crippen molar-refractivity contribution in [2.75, 3.05) is 11.1 Å². The third kappa shape index (κ3) is 6.81. The summed E-state index contributed by atoms with van der Waals surface area (Å²) in [6.45, 7) is 0. The first kappa shape index (κ1) is 24.8. The number of nitrogens with zero attached hydrogens (tertiary/aromatic N) is 3. The van der Waals surface area contributed by atoms with E-state index in [1.54, 1.807) is 35.5 Å². The Balaban J connectivity index is 1.50. The van der Waals surface area contributed by atoms with Crippen LogP contribution in [0.1, 0.15) is 17.0 Å². The van der Waals surface area contributed by atoms with E-state index in [0.717, 1.165) is 35.3 Å². The van der Waals surface area contributed by atoms with Crippen molar-refractivity contribution >= 4 is 58.3 Å². The molecule has 5 nitrogen and oxygen atoms in total. The first-order valence-electron chi connectivity index (χ1n) is 9.13. The number of halogens is 5. The van der Waals surface area contributed by atoms with Gasteiger partial charge >= 0.3 is 6.18 Å². The molecule has 12 heteroatoms. The summed E-state index contributed by atoms with van der Waals surface area (Å²) in [4.78, 5) is 12.2. The lowest BCUT2D eigenvalue weighted by Crippen LogP contribution is -2.15. The molecule has 0 aliphatic heterocycles. The number of rotatable bonds is 8. The summed E-state index contributed by atoms with van der Waals surface area (Å²) in [7, 11) is 1.79. The highest BCUT2D eigenvalue weighted by Crippen LogP contribution is 2.31. The lowest BCUT2D eigenvalue weighted by Gasteiger charge is -2.09. The Labute approximate surface area is 201 Å². The van der Waals surface area contributed by atoms with Gasteiger partial charge in [-0.05, 0) is 35.9 Å². The van der Waals surface area contributed by atoms with E-state index in [1.807, 2.05) is 6.07 Å². The predicted octanol–water partition coefficient (Wildman–Crippen LogP) is 6.30. The first-order chi connectivity index (χ1) is 15.1. The van der Waals surface area contributed by atoms with Gasteiger partial charge in [-0.3, -0.25) is 4.79 Å². The highest BCUT2D eigenvalue weighted by Gasteiger charge is 2.30. The van der Waals surface area contributed by atoms with Crippen LogP contribution in [-0.2, 0) is 29.5 Å². The predicted molar refractivity (Wildman–Crippen MR) is 123 cm³/mol. The number of benzene rings is 2. The van der Waals surface area contributed by atoms with Gasteiger partial charge in [0.2, 0.25) is 5.91 Å². The molecule has 3 rings (SSSR count). The molecule has 0 saturated carbocycles. The van der Waals surface area contributed by atoms with Gasteiger partial charge in [0.05, 0.1) is 17.1 Å². The third-order valence-electron chi connectivity index (χ3n) is 4.23. The van der Waals surface area contributed by atoms with Crippen LogP contribution in [0, 0.1) is 0 Å². The van der Waals surface area contributed by atoms with Crippen LogP contribution in [0.2, 0.25) is 10.0 Å². The van der Waals surface area contributed by atoms with E-state index in [4.69, 9.17) is 23.2 Å². The number of amides is 1. The first-order valence-corrected chi connectivity index (χ1v) is 12.0. The minimum Gasteiger partial charge on any atom is -0.325 e. The smallest absolute Gasteiger partial charge is 0.325 e. The highest BCUT2D eigenvalue weighted by molar-refractivity contribution is 7.99. The maximum absolute atomic E-state index is 12.8. The number of aromatic nitrogens is 3. The van der Waals surface area contributed by atoms with Crippen molar-refractivity contribution < 1.29 is 18.0 Å². The van der Waals surface area contributed by atoms with Crippen molar-refractivity contribution in [3.8, 4) is 0 Å². The van der Waals surface area contributed by atoms with Crippen molar-refractivity contribution in [3.05, 3.63) is 69.5 Å². The van der Waals surface area contributed by atoms with Crippen LogP contribution in [0.25, 0.3) is 0 Å². The summed E-state index contributed by atoms with van der Waals surface area (Å²) in [5.41, 5.74) is 0.226. The number of carbonyl (C=O) groups excluding carboxylic acids is 1. The van der Waals surface area contributed by atoms with Gasteiger partial charge < -0.3 is 9.88 Å². The lowest BCUT2D eigenvalue weighted by atomic mass is 10.2. The van der Waals surface area contributed by atoms with E-state index in [9.17, 15) is 18.0 Å². The fourth-order valence-corrected chi connectivity index (χ4v) is 4.88. The number of alkyl halides is 3. The van der Waals surface area contributed by atoms with Crippen LogP contribution in [0.3, 0.4) is 0 Å². The van der Waals surface area contributed by atoms with Gasteiger partial charge in [0.25, 0.3) is 0 Å². The normalized spacial score (nSPS) is 11.6. The minimum absolute atomic E-state index is 0.0181. The molecule has 0 spiro atoms. The zero-order chi connectivity index (χ0) is 23.3. The number of anilines is 1. The van der Waals surface area contributed by atoms with Crippen LogP contribution < -0.4 is 5.32 Å². The Morgan fingerprint density at radius 3 is 2.62 bits per heavy atom. The molecule has 3 aromatic rings. The largest absolute Gasteiger partial charge is 0.416 e. The molecule has 1 N–H and O–H groups in total. The van der Waals surface area contributed by atoms with Crippen molar-refractivity contribution in [3.63, 3.8) is 0 Å². The molecule has 2 aromatic carbocycles. The van der Waals surface area contributed by atoms with E-state index < -0.39 is 17.6 Å². The average molecular weight is 521 g/mol. The summed E-state index contributed by atoms with van der Waals surface area (Å²) >= 11 is 14.8. The maximum Gasteiger partial charge on any atom is 0.416 e. The molecule has 0 atom stereocenters. The summed E-state index contributed by atoms with van der Waals surface area (Å²) in [5.74, 6) is 1.52. The number of carbonyl (C=O) groups is 1. The van der Waals surface area contributed by atoms with E-state index in [-0.39, 0.29) is 11.4 Å². The van der Waals surface area contributed by atoms with Crippen molar-refractivity contribution in [1.82, 2.24) is 14.8 Å². The molecule has 1 heterocycles. The molecule has 0 aliphatic rings.